The van der Waals surface area contributed by atoms with Crippen LogP contribution in [0.1, 0.15) is 12.0 Å². The number of nitriles is 1. The molecule has 1 aromatic carbocycles. The van der Waals surface area contributed by atoms with Crippen LogP contribution in [0.15, 0.2) is 18.2 Å². The first-order valence-electron chi connectivity index (χ1n) is 5.16. The molecule has 1 aliphatic rings. The highest BCUT2D eigenvalue weighted by Gasteiger charge is 2.29. The van der Waals surface area contributed by atoms with Crippen LogP contribution in [0.25, 0.3) is 0 Å². The lowest BCUT2D eigenvalue weighted by Crippen LogP contribution is -2.21. The Balaban J connectivity index is 2.20. The van der Waals surface area contributed by atoms with E-state index in [1.54, 1.807) is 18.2 Å². The summed E-state index contributed by atoms with van der Waals surface area (Å²) in [4.78, 5) is 11.3. The fourth-order valence-electron chi connectivity index (χ4n) is 1.57. The Bertz CT molecular complexity index is 478. The summed E-state index contributed by atoms with van der Waals surface area (Å²) in [5.74, 6) is 0.510. The molecule has 0 saturated carbocycles. The average molecular weight is 233 g/mol. The molecule has 1 aromatic rings. The molecule has 88 valence electrons. The number of cyclic esters (lactones) is 1. The molecule has 0 aromatic heterocycles. The fraction of sp³-hybridized carbons (Fsp3) is 0.333. The Morgan fingerprint density at radius 1 is 1.47 bits per heavy atom. The maximum absolute atomic E-state index is 11.3. The first-order valence-corrected chi connectivity index (χ1v) is 5.16. The Kier molecular flexibility index (Phi) is 3.15. The van der Waals surface area contributed by atoms with Gasteiger partial charge in [0.1, 0.15) is 0 Å². The van der Waals surface area contributed by atoms with Gasteiger partial charge in [-0.1, -0.05) is 0 Å². The van der Waals surface area contributed by atoms with Crippen molar-refractivity contribution >= 4 is 5.97 Å². The number of benzene rings is 1. The summed E-state index contributed by atoms with van der Waals surface area (Å²) < 4.78 is 15.4. The monoisotopic (exact) mass is 233 g/mol. The van der Waals surface area contributed by atoms with Gasteiger partial charge in [0.05, 0.1) is 25.3 Å². The van der Waals surface area contributed by atoms with Crippen LogP contribution in [0, 0.1) is 11.3 Å². The maximum Gasteiger partial charge on any atom is 0.347 e. The number of esters is 1. The van der Waals surface area contributed by atoms with Gasteiger partial charge in [-0.2, -0.15) is 5.26 Å². The second kappa shape index (κ2) is 4.74. The molecular weight excluding hydrogens is 222 g/mol. The third-order valence-corrected chi connectivity index (χ3v) is 2.45. The van der Waals surface area contributed by atoms with E-state index in [2.05, 4.69) is 0 Å². The summed E-state index contributed by atoms with van der Waals surface area (Å²) in [6, 6.07) is 6.79. The number of nitrogens with zero attached hydrogens (tertiary/aromatic N) is 1. The molecule has 0 bridgehead atoms. The highest BCUT2D eigenvalue weighted by molar-refractivity contribution is 5.77. The molecule has 17 heavy (non-hydrogen) atoms. The van der Waals surface area contributed by atoms with Gasteiger partial charge >= 0.3 is 5.97 Å². The lowest BCUT2D eigenvalue weighted by atomic mass is 10.2. The normalized spacial score (nSPS) is 18.4. The molecule has 1 saturated heterocycles. The van der Waals surface area contributed by atoms with Crippen LogP contribution in [0.3, 0.4) is 0 Å². The third kappa shape index (κ3) is 2.31. The van der Waals surface area contributed by atoms with E-state index >= 15 is 0 Å². The maximum atomic E-state index is 11.3. The van der Waals surface area contributed by atoms with Crippen molar-refractivity contribution in [2.45, 2.75) is 12.5 Å². The van der Waals surface area contributed by atoms with Gasteiger partial charge in [-0.3, -0.25) is 0 Å². The quantitative estimate of drug-likeness (QED) is 0.735. The molecule has 0 amide bonds. The van der Waals surface area contributed by atoms with Crippen LogP contribution in [0.4, 0.5) is 0 Å². The molecule has 5 nitrogen and oxygen atoms in total. The third-order valence-electron chi connectivity index (χ3n) is 2.45. The zero-order valence-corrected chi connectivity index (χ0v) is 9.30. The summed E-state index contributed by atoms with van der Waals surface area (Å²) in [5, 5.41) is 8.75. The molecular formula is C12H11NO4. The molecule has 5 heteroatoms. The van der Waals surface area contributed by atoms with Gasteiger partial charge in [-0.25, -0.2) is 4.79 Å². The van der Waals surface area contributed by atoms with Crippen molar-refractivity contribution in [3.8, 4) is 17.6 Å². The van der Waals surface area contributed by atoms with Gasteiger partial charge in [0.2, 0.25) is 0 Å². The molecule has 0 radical (unpaired) electrons. The van der Waals surface area contributed by atoms with Gasteiger partial charge in [-0.15, -0.1) is 0 Å². The second-order valence-corrected chi connectivity index (χ2v) is 3.54. The number of hydrogen-bond donors (Lipinski definition) is 0. The fourth-order valence-corrected chi connectivity index (χ4v) is 1.57. The predicted octanol–water partition coefficient (Wildman–Crippen LogP) is 1.26. The van der Waals surface area contributed by atoms with E-state index in [9.17, 15) is 4.79 Å². The zero-order chi connectivity index (χ0) is 12.3. The minimum absolute atomic E-state index is 0.364. The number of carbonyl (C=O) groups is 1. The molecule has 0 aliphatic carbocycles. The average Bonchev–Trinajstić information content (AvgIpc) is 2.75. The number of ether oxygens (including phenoxy) is 3. The van der Waals surface area contributed by atoms with Crippen molar-refractivity contribution in [1.82, 2.24) is 0 Å². The molecule has 0 unspecified atom stereocenters. The van der Waals surface area contributed by atoms with E-state index in [0.717, 1.165) is 0 Å². The summed E-state index contributed by atoms with van der Waals surface area (Å²) in [6.45, 7) is 0.377. The lowest BCUT2D eigenvalue weighted by molar-refractivity contribution is -0.143. The molecule has 0 N–H and O–H groups in total. The Morgan fingerprint density at radius 3 is 2.88 bits per heavy atom. The van der Waals surface area contributed by atoms with Crippen LogP contribution in [0.5, 0.6) is 11.5 Å². The van der Waals surface area contributed by atoms with E-state index in [0.29, 0.717) is 30.1 Å². The standard InChI is InChI=1S/C12H11NO4/c1-15-11-6-8(7-13)2-3-9(11)17-10-4-5-16-12(10)14/h2-3,6,10H,4-5H2,1H3/t10-/m1/s1. The van der Waals surface area contributed by atoms with Crippen molar-refractivity contribution in [1.29, 1.82) is 5.26 Å². The highest BCUT2D eigenvalue weighted by atomic mass is 16.6. The summed E-state index contributed by atoms with van der Waals surface area (Å²) in [5.41, 5.74) is 0.475. The number of methoxy groups -OCH3 is 1. The highest BCUT2D eigenvalue weighted by Crippen LogP contribution is 2.30. The van der Waals surface area contributed by atoms with E-state index in [-0.39, 0.29) is 5.97 Å². The zero-order valence-electron chi connectivity index (χ0n) is 9.30. The predicted molar refractivity (Wildman–Crippen MR) is 57.7 cm³/mol. The molecule has 1 atom stereocenters. The number of hydrogen-bond acceptors (Lipinski definition) is 5. The Morgan fingerprint density at radius 2 is 2.29 bits per heavy atom. The molecule has 1 aliphatic heterocycles. The van der Waals surface area contributed by atoms with E-state index in [1.807, 2.05) is 6.07 Å². The van der Waals surface area contributed by atoms with Gasteiger partial charge in [0.25, 0.3) is 0 Å². The minimum atomic E-state index is -0.586. The second-order valence-electron chi connectivity index (χ2n) is 3.54. The van der Waals surface area contributed by atoms with Crippen molar-refractivity contribution in [3.05, 3.63) is 23.8 Å². The Hall–Kier alpha value is -2.22. The van der Waals surface area contributed by atoms with Gasteiger partial charge in [0, 0.05) is 12.5 Å². The molecule has 1 heterocycles. The van der Waals surface area contributed by atoms with E-state index < -0.39 is 6.10 Å². The minimum Gasteiger partial charge on any atom is -0.493 e. The van der Waals surface area contributed by atoms with E-state index in [4.69, 9.17) is 19.5 Å². The van der Waals surface area contributed by atoms with Crippen molar-refractivity contribution in [3.63, 3.8) is 0 Å². The van der Waals surface area contributed by atoms with Crippen LogP contribution >= 0.6 is 0 Å². The first-order chi connectivity index (χ1) is 8.24. The van der Waals surface area contributed by atoms with Crippen molar-refractivity contribution < 1.29 is 19.0 Å². The van der Waals surface area contributed by atoms with E-state index in [1.165, 1.54) is 7.11 Å². The smallest absolute Gasteiger partial charge is 0.347 e. The molecule has 2 rings (SSSR count). The van der Waals surface area contributed by atoms with Crippen LogP contribution < -0.4 is 9.47 Å². The van der Waals surface area contributed by atoms with Crippen molar-refractivity contribution in [2.24, 2.45) is 0 Å². The van der Waals surface area contributed by atoms with Crippen molar-refractivity contribution in [2.75, 3.05) is 13.7 Å². The van der Waals surface area contributed by atoms with Crippen LogP contribution in [-0.2, 0) is 9.53 Å². The first kappa shape index (κ1) is 11.3. The molecule has 0 spiro atoms. The molecule has 1 fully saturated rings. The van der Waals surface area contributed by atoms with Gasteiger partial charge < -0.3 is 14.2 Å². The van der Waals surface area contributed by atoms with Crippen LogP contribution in [0.2, 0.25) is 0 Å². The van der Waals surface area contributed by atoms with Gasteiger partial charge in [0.15, 0.2) is 17.6 Å². The topological polar surface area (TPSA) is 68.6 Å². The number of carbonyl (C=O) groups excluding carboxylic acids is 1. The lowest BCUT2D eigenvalue weighted by Gasteiger charge is -2.13. The summed E-state index contributed by atoms with van der Waals surface area (Å²) in [6.07, 6.45) is -0.0565. The largest absolute Gasteiger partial charge is 0.493 e. The van der Waals surface area contributed by atoms with Gasteiger partial charge in [-0.05, 0) is 12.1 Å². The summed E-state index contributed by atoms with van der Waals surface area (Å²) in [7, 11) is 1.48. The number of rotatable bonds is 3. The van der Waals surface area contributed by atoms with Crippen LogP contribution in [-0.4, -0.2) is 25.8 Å². The Labute approximate surface area is 98.5 Å². The summed E-state index contributed by atoms with van der Waals surface area (Å²) >= 11 is 0. The SMILES string of the molecule is COc1cc(C#N)ccc1O[C@@H]1CCOC1=O.